The summed E-state index contributed by atoms with van der Waals surface area (Å²) in [5, 5.41) is 0.536. The number of benzene rings is 1. The van der Waals surface area contributed by atoms with Crippen molar-refractivity contribution < 1.29 is 14.3 Å². The van der Waals surface area contributed by atoms with Crippen LogP contribution in [0.15, 0.2) is 24.3 Å². The molecule has 1 aliphatic rings. The summed E-state index contributed by atoms with van der Waals surface area (Å²) in [6, 6.07) is 5.28. The molecular formula is C16H18ClNO3. The van der Waals surface area contributed by atoms with Crippen LogP contribution in [0.5, 0.6) is 0 Å². The maximum absolute atomic E-state index is 12.5. The number of hydrogen-bond acceptors (Lipinski definition) is 3. The minimum absolute atomic E-state index is 0.172. The van der Waals surface area contributed by atoms with E-state index in [4.69, 9.17) is 16.3 Å². The molecule has 21 heavy (non-hydrogen) atoms. The van der Waals surface area contributed by atoms with E-state index in [2.05, 4.69) is 6.92 Å². The number of fused-ring (bicyclic) bond motifs is 1. The Hall–Kier alpha value is -1.81. The number of ether oxygens (including phenoxy) is 1. The Balaban J connectivity index is 2.41. The average molecular weight is 308 g/mol. The van der Waals surface area contributed by atoms with Crippen LogP contribution in [0.2, 0.25) is 5.02 Å². The maximum Gasteiger partial charge on any atom is 0.331 e. The molecule has 112 valence electrons. The van der Waals surface area contributed by atoms with Crippen LogP contribution in [0.25, 0.3) is 5.57 Å². The molecule has 0 N–H and O–H groups in total. The average Bonchev–Trinajstić information content (AvgIpc) is 2.69. The van der Waals surface area contributed by atoms with Crippen LogP contribution in [0.4, 0.5) is 5.69 Å². The molecule has 0 saturated heterocycles. The van der Waals surface area contributed by atoms with Gasteiger partial charge >= 0.3 is 5.97 Å². The van der Waals surface area contributed by atoms with Crippen LogP contribution in [-0.4, -0.2) is 25.0 Å². The van der Waals surface area contributed by atoms with Gasteiger partial charge in [-0.2, -0.15) is 0 Å². The molecule has 0 bridgehead atoms. The smallest absolute Gasteiger partial charge is 0.331 e. The second kappa shape index (κ2) is 6.76. The van der Waals surface area contributed by atoms with E-state index in [1.54, 1.807) is 24.0 Å². The highest BCUT2D eigenvalue weighted by atomic mass is 35.5. The minimum Gasteiger partial charge on any atom is -0.463 e. The summed E-state index contributed by atoms with van der Waals surface area (Å²) >= 11 is 6.01. The zero-order valence-corrected chi connectivity index (χ0v) is 12.9. The third-order valence-corrected chi connectivity index (χ3v) is 3.53. The molecule has 1 heterocycles. The topological polar surface area (TPSA) is 46.6 Å². The molecule has 1 aromatic rings. The Morgan fingerprint density at radius 3 is 2.81 bits per heavy atom. The van der Waals surface area contributed by atoms with E-state index in [9.17, 15) is 9.59 Å². The third-order valence-electron chi connectivity index (χ3n) is 3.30. The fraction of sp³-hybridized carbons (Fsp3) is 0.375. The summed E-state index contributed by atoms with van der Waals surface area (Å²) in [4.78, 5) is 25.9. The molecule has 0 saturated carbocycles. The van der Waals surface area contributed by atoms with Crippen molar-refractivity contribution in [3.63, 3.8) is 0 Å². The number of carbonyl (C=O) groups is 2. The fourth-order valence-electron chi connectivity index (χ4n) is 2.31. The van der Waals surface area contributed by atoms with E-state index >= 15 is 0 Å². The number of carbonyl (C=O) groups excluding carboxylic acids is 2. The zero-order chi connectivity index (χ0) is 15.4. The monoisotopic (exact) mass is 307 g/mol. The lowest BCUT2D eigenvalue weighted by Gasteiger charge is -2.16. The Labute approximate surface area is 129 Å². The molecule has 1 amide bonds. The lowest BCUT2D eigenvalue weighted by molar-refractivity contribution is -0.137. The predicted octanol–water partition coefficient (Wildman–Crippen LogP) is 3.43. The molecule has 0 fully saturated rings. The SMILES string of the molecule is CCCCN1C(=O)/C(=C/C(=O)OCC)c2cc(Cl)ccc21. The predicted molar refractivity (Wildman–Crippen MR) is 83.3 cm³/mol. The quantitative estimate of drug-likeness (QED) is 0.618. The Morgan fingerprint density at radius 2 is 2.14 bits per heavy atom. The molecule has 0 radical (unpaired) electrons. The number of hydrogen-bond donors (Lipinski definition) is 0. The lowest BCUT2D eigenvalue weighted by Crippen LogP contribution is -2.27. The van der Waals surface area contributed by atoms with Gasteiger partial charge in [-0.3, -0.25) is 4.79 Å². The van der Waals surface area contributed by atoms with Gasteiger partial charge in [-0.25, -0.2) is 4.79 Å². The second-order valence-electron chi connectivity index (χ2n) is 4.78. The van der Waals surface area contributed by atoms with Crippen molar-refractivity contribution in [3.05, 3.63) is 34.9 Å². The van der Waals surface area contributed by atoms with Crippen LogP contribution in [0, 0.1) is 0 Å². The Kier molecular flexibility index (Phi) is 5.02. The summed E-state index contributed by atoms with van der Waals surface area (Å²) < 4.78 is 4.89. The van der Waals surface area contributed by atoms with Gasteiger partial charge in [0.2, 0.25) is 0 Å². The molecule has 0 aromatic heterocycles. The zero-order valence-electron chi connectivity index (χ0n) is 12.2. The molecule has 1 aliphatic heterocycles. The third kappa shape index (κ3) is 3.27. The highest BCUT2D eigenvalue weighted by molar-refractivity contribution is 6.36. The van der Waals surface area contributed by atoms with Gasteiger partial charge in [0, 0.05) is 23.2 Å². The number of esters is 1. The van der Waals surface area contributed by atoms with Crippen LogP contribution < -0.4 is 4.90 Å². The summed E-state index contributed by atoms with van der Waals surface area (Å²) in [5.41, 5.74) is 1.84. The first-order valence-electron chi connectivity index (χ1n) is 7.08. The van der Waals surface area contributed by atoms with Crippen molar-refractivity contribution in [3.8, 4) is 0 Å². The summed E-state index contributed by atoms with van der Waals surface area (Å²) in [7, 11) is 0. The lowest BCUT2D eigenvalue weighted by atomic mass is 10.1. The van der Waals surface area contributed by atoms with Crippen LogP contribution in [-0.2, 0) is 14.3 Å². The Bertz CT molecular complexity index is 595. The van der Waals surface area contributed by atoms with E-state index in [1.165, 1.54) is 6.08 Å². The van der Waals surface area contributed by atoms with Crippen LogP contribution in [0.3, 0.4) is 0 Å². The summed E-state index contributed by atoms with van der Waals surface area (Å²) in [6.45, 7) is 4.70. The fourth-order valence-corrected chi connectivity index (χ4v) is 2.48. The maximum atomic E-state index is 12.5. The number of rotatable bonds is 5. The first-order valence-corrected chi connectivity index (χ1v) is 7.46. The van der Waals surface area contributed by atoms with E-state index in [0.29, 0.717) is 22.7 Å². The number of anilines is 1. The van der Waals surface area contributed by atoms with Gasteiger partial charge in [0.1, 0.15) is 0 Å². The van der Waals surface area contributed by atoms with Crippen LogP contribution in [0.1, 0.15) is 32.3 Å². The number of amides is 1. The van der Waals surface area contributed by atoms with E-state index < -0.39 is 5.97 Å². The minimum atomic E-state index is -0.510. The van der Waals surface area contributed by atoms with Crippen molar-refractivity contribution in [2.45, 2.75) is 26.7 Å². The molecule has 0 spiro atoms. The molecule has 0 atom stereocenters. The largest absolute Gasteiger partial charge is 0.463 e. The van der Waals surface area contributed by atoms with Gasteiger partial charge in [-0.1, -0.05) is 24.9 Å². The second-order valence-corrected chi connectivity index (χ2v) is 5.22. The summed E-state index contributed by atoms with van der Waals surface area (Å²) in [5.74, 6) is -0.683. The van der Waals surface area contributed by atoms with Gasteiger partial charge in [0.05, 0.1) is 17.9 Å². The molecule has 0 aliphatic carbocycles. The van der Waals surface area contributed by atoms with Crippen molar-refractivity contribution in [1.29, 1.82) is 0 Å². The number of unbranched alkanes of at least 4 members (excludes halogenated alkanes) is 1. The first kappa shape index (κ1) is 15.6. The van der Waals surface area contributed by atoms with Gasteiger partial charge in [0.25, 0.3) is 5.91 Å². The van der Waals surface area contributed by atoms with Crippen molar-refractivity contribution in [2.75, 3.05) is 18.1 Å². The molecule has 0 unspecified atom stereocenters. The highest BCUT2D eigenvalue weighted by Gasteiger charge is 2.32. The van der Waals surface area contributed by atoms with Gasteiger partial charge < -0.3 is 9.64 Å². The van der Waals surface area contributed by atoms with Crippen molar-refractivity contribution in [1.82, 2.24) is 0 Å². The van der Waals surface area contributed by atoms with E-state index in [1.807, 2.05) is 6.07 Å². The van der Waals surface area contributed by atoms with Gasteiger partial charge in [-0.15, -0.1) is 0 Å². The standard InChI is InChI=1S/C16H18ClNO3/c1-3-5-8-18-14-7-6-11(17)9-12(14)13(16(18)20)10-15(19)21-4-2/h6-7,9-10H,3-5,8H2,1-2H3/b13-10+. The number of nitrogens with zero attached hydrogens (tertiary/aromatic N) is 1. The molecule has 4 nitrogen and oxygen atoms in total. The van der Waals surface area contributed by atoms with E-state index in [-0.39, 0.29) is 12.5 Å². The number of halogens is 1. The van der Waals surface area contributed by atoms with Crippen molar-refractivity contribution in [2.24, 2.45) is 0 Å². The first-order chi connectivity index (χ1) is 10.1. The molecule has 1 aromatic carbocycles. The highest BCUT2D eigenvalue weighted by Crippen LogP contribution is 2.38. The van der Waals surface area contributed by atoms with Gasteiger partial charge in [-0.05, 0) is 31.5 Å². The molecule has 2 rings (SSSR count). The van der Waals surface area contributed by atoms with Gasteiger partial charge in [0.15, 0.2) is 0 Å². The molecular weight excluding hydrogens is 290 g/mol. The van der Waals surface area contributed by atoms with E-state index in [0.717, 1.165) is 18.5 Å². The van der Waals surface area contributed by atoms with Crippen molar-refractivity contribution >= 4 is 34.7 Å². The summed E-state index contributed by atoms with van der Waals surface area (Å²) in [6.07, 6.45) is 3.15. The normalized spacial score (nSPS) is 15.5. The Morgan fingerprint density at radius 1 is 1.38 bits per heavy atom. The van der Waals surface area contributed by atoms with Crippen LogP contribution >= 0.6 is 11.6 Å². The molecule has 5 heteroatoms.